The third-order valence-corrected chi connectivity index (χ3v) is 4.46. The highest BCUT2D eigenvalue weighted by Crippen LogP contribution is 2.39. The van der Waals surface area contributed by atoms with E-state index in [-0.39, 0.29) is 23.3 Å². The zero-order valence-corrected chi connectivity index (χ0v) is 13.7. The lowest BCUT2D eigenvalue weighted by Gasteiger charge is -2.21. The smallest absolute Gasteiger partial charge is 0.453 e. The average molecular weight is 350 g/mol. The summed E-state index contributed by atoms with van der Waals surface area (Å²) in [5.74, 6) is -5.69. The number of thioether (sulfide) groups is 1. The fraction of sp³-hybridized carbons (Fsp3) is 0.929. The molecule has 0 aromatic heterocycles. The predicted molar refractivity (Wildman–Crippen MR) is 77.4 cm³/mol. The molecule has 132 valence electrons. The number of aliphatic carboxylic acids is 1. The SMILES string of the molecule is CC(C)CC(CC(C)SCCCC(F)(F)C(F)(F)F)C(=O)O. The second-order valence-corrected chi connectivity index (χ2v) is 7.43. The van der Waals surface area contributed by atoms with Crippen LogP contribution in [0.3, 0.4) is 0 Å². The maximum Gasteiger partial charge on any atom is 0.453 e. The molecule has 0 rings (SSSR count). The Kier molecular flexibility index (Phi) is 8.72. The summed E-state index contributed by atoms with van der Waals surface area (Å²) >= 11 is 1.24. The first-order chi connectivity index (χ1) is 9.86. The summed E-state index contributed by atoms with van der Waals surface area (Å²) in [6.45, 7) is 5.59. The highest BCUT2D eigenvalue weighted by molar-refractivity contribution is 7.99. The fourth-order valence-electron chi connectivity index (χ4n) is 2.06. The number of alkyl halides is 5. The molecule has 8 heteroatoms. The van der Waals surface area contributed by atoms with E-state index in [9.17, 15) is 26.7 Å². The first-order valence-corrected chi connectivity index (χ1v) is 8.20. The van der Waals surface area contributed by atoms with E-state index < -0.39 is 30.4 Å². The highest BCUT2D eigenvalue weighted by Gasteiger charge is 2.56. The zero-order chi connectivity index (χ0) is 17.6. The molecule has 2 atom stereocenters. The Labute approximate surface area is 131 Å². The van der Waals surface area contributed by atoms with Crippen molar-refractivity contribution in [3.8, 4) is 0 Å². The Morgan fingerprint density at radius 3 is 2.05 bits per heavy atom. The van der Waals surface area contributed by atoms with Gasteiger partial charge in [0.2, 0.25) is 0 Å². The third-order valence-electron chi connectivity index (χ3n) is 3.17. The summed E-state index contributed by atoms with van der Waals surface area (Å²) in [5.41, 5.74) is 0. The Hall–Kier alpha value is -0.530. The number of carboxylic acids is 1. The predicted octanol–water partition coefficient (Wildman–Crippen LogP) is 5.22. The molecule has 0 aliphatic rings. The van der Waals surface area contributed by atoms with E-state index in [4.69, 9.17) is 5.11 Å². The number of carbonyl (C=O) groups is 1. The van der Waals surface area contributed by atoms with Crippen LogP contribution in [0.15, 0.2) is 0 Å². The third kappa shape index (κ3) is 8.19. The van der Waals surface area contributed by atoms with Gasteiger partial charge in [0.25, 0.3) is 0 Å². The second-order valence-electron chi connectivity index (χ2n) is 5.89. The Morgan fingerprint density at radius 1 is 1.09 bits per heavy atom. The van der Waals surface area contributed by atoms with Crippen LogP contribution in [0, 0.1) is 11.8 Å². The van der Waals surface area contributed by atoms with E-state index in [1.165, 1.54) is 11.8 Å². The van der Waals surface area contributed by atoms with Gasteiger partial charge in [-0.15, -0.1) is 0 Å². The maximum absolute atomic E-state index is 12.7. The molecular formula is C14H23F5O2S. The van der Waals surface area contributed by atoms with E-state index in [0.29, 0.717) is 12.8 Å². The molecule has 0 heterocycles. The lowest BCUT2D eigenvalue weighted by molar-refractivity contribution is -0.284. The van der Waals surface area contributed by atoms with Gasteiger partial charge in [0.05, 0.1) is 5.92 Å². The summed E-state index contributed by atoms with van der Waals surface area (Å²) in [7, 11) is 0. The van der Waals surface area contributed by atoms with Crippen LogP contribution < -0.4 is 0 Å². The van der Waals surface area contributed by atoms with Crippen LogP contribution in [0.2, 0.25) is 0 Å². The van der Waals surface area contributed by atoms with Crippen LogP contribution in [0.5, 0.6) is 0 Å². The minimum absolute atomic E-state index is 0.0978. The molecule has 22 heavy (non-hydrogen) atoms. The number of hydrogen-bond donors (Lipinski definition) is 1. The molecule has 0 bridgehead atoms. The minimum Gasteiger partial charge on any atom is -0.481 e. The van der Waals surface area contributed by atoms with Crippen molar-refractivity contribution in [1.82, 2.24) is 0 Å². The van der Waals surface area contributed by atoms with Crippen LogP contribution in [0.1, 0.15) is 46.5 Å². The van der Waals surface area contributed by atoms with Crippen molar-refractivity contribution < 1.29 is 31.9 Å². The number of hydrogen-bond acceptors (Lipinski definition) is 2. The minimum atomic E-state index is -5.51. The number of rotatable bonds is 10. The number of carboxylic acid groups (broad SMARTS) is 1. The van der Waals surface area contributed by atoms with Gasteiger partial charge in [-0.1, -0.05) is 20.8 Å². The largest absolute Gasteiger partial charge is 0.481 e. The lowest BCUT2D eigenvalue weighted by atomic mass is 9.93. The highest BCUT2D eigenvalue weighted by atomic mass is 32.2. The van der Waals surface area contributed by atoms with Gasteiger partial charge >= 0.3 is 18.1 Å². The molecule has 2 unspecified atom stereocenters. The summed E-state index contributed by atoms with van der Waals surface area (Å²) in [6, 6.07) is 0. The quantitative estimate of drug-likeness (QED) is 0.433. The van der Waals surface area contributed by atoms with Crippen molar-refractivity contribution >= 4 is 17.7 Å². The molecule has 1 N–H and O–H groups in total. The van der Waals surface area contributed by atoms with E-state index in [2.05, 4.69) is 0 Å². The van der Waals surface area contributed by atoms with E-state index >= 15 is 0 Å². The van der Waals surface area contributed by atoms with Gasteiger partial charge in [-0.2, -0.15) is 33.7 Å². The summed E-state index contributed by atoms with van der Waals surface area (Å²) in [6.07, 6.45) is -6.09. The van der Waals surface area contributed by atoms with Crippen LogP contribution in [-0.4, -0.2) is 34.2 Å². The average Bonchev–Trinajstić information content (AvgIpc) is 2.31. The van der Waals surface area contributed by atoms with E-state index in [1.807, 2.05) is 13.8 Å². The van der Waals surface area contributed by atoms with Crippen molar-refractivity contribution in [2.24, 2.45) is 11.8 Å². The molecule has 0 saturated heterocycles. The van der Waals surface area contributed by atoms with Gasteiger partial charge in [0.15, 0.2) is 0 Å². The Bertz CT molecular complexity index is 345. The van der Waals surface area contributed by atoms with Gasteiger partial charge in [-0.25, -0.2) is 0 Å². The summed E-state index contributed by atoms with van der Waals surface area (Å²) < 4.78 is 61.3. The molecule has 0 radical (unpaired) electrons. The Morgan fingerprint density at radius 2 is 1.64 bits per heavy atom. The maximum atomic E-state index is 12.7. The molecule has 0 aromatic carbocycles. The number of halogens is 5. The molecule has 2 nitrogen and oxygen atoms in total. The standard InChI is InChI=1S/C14H23F5O2S/c1-9(2)7-11(12(20)21)8-10(3)22-6-4-5-13(15,16)14(17,18)19/h9-11H,4-8H2,1-3H3,(H,20,21). The van der Waals surface area contributed by atoms with E-state index in [0.717, 1.165) is 0 Å². The molecule has 0 fully saturated rings. The van der Waals surface area contributed by atoms with Gasteiger partial charge in [0, 0.05) is 11.7 Å². The van der Waals surface area contributed by atoms with Crippen molar-refractivity contribution in [2.75, 3.05) is 5.75 Å². The molecule has 0 aliphatic heterocycles. The van der Waals surface area contributed by atoms with Crippen LogP contribution in [0.4, 0.5) is 22.0 Å². The van der Waals surface area contributed by atoms with Gasteiger partial charge in [-0.3, -0.25) is 4.79 Å². The molecule has 0 aromatic rings. The van der Waals surface area contributed by atoms with Crippen molar-refractivity contribution in [3.05, 3.63) is 0 Å². The van der Waals surface area contributed by atoms with Crippen molar-refractivity contribution in [3.63, 3.8) is 0 Å². The summed E-state index contributed by atoms with van der Waals surface area (Å²) in [5, 5.41) is 9.01. The van der Waals surface area contributed by atoms with Crippen LogP contribution in [0.25, 0.3) is 0 Å². The van der Waals surface area contributed by atoms with E-state index in [1.54, 1.807) is 6.92 Å². The van der Waals surface area contributed by atoms with Gasteiger partial charge < -0.3 is 5.11 Å². The van der Waals surface area contributed by atoms with Gasteiger partial charge in [-0.05, 0) is 30.9 Å². The monoisotopic (exact) mass is 350 g/mol. The van der Waals surface area contributed by atoms with Crippen LogP contribution in [-0.2, 0) is 4.79 Å². The van der Waals surface area contributed by atoms with Crippen molar-refractivity contribution in [1.29, 1.82) is 0 Å². The normalized spacial score (nSPS) is 15.9. The molecule has 0 aliphatic carbocycles. The molecule has 0 saturated carbocycles. The molecule has 0 amide bonds. The molecule has 0 spiro atoms. The first-order valence-electron chi connectivity index (χ1n) is 7.15. The summed E-state index contributed by atoms with van der Waals surface area (Å²) in [4.78, 5) is 11.1. The van der Waals surface area contributed by atoms with Crippen LogP contribution >= 0.6 is 11.8 Å². The lowest BCUT2D eigenvalue weighted by Crippen LogP contribution is -2.36. The van der Waals surface area contributed by atoms with Gasteiger partial charge in [0.1, 0.15) is 0 Å². The van der Waals surface area contributed by atoms with Crippen molar-refractivity contribution in [2.45, 2.75) is 63.8 Å². The zero-order valence-electron chi connectivity index (χ0n) is 12.9. The topological polar surface area (TPSA) is 37.3 Å². The molecular weight excluding hydrogens is 327 g/mol. The first kappa shape index (κ1) is 21.5. The second kappa shape index (κ2) is 8.93. The fourth-order valence-corrected chi connectivity index (χ4v) is 3.14. The Balaban J connectivity index is 4.13.